The van der Waals surface area contributed by atoms with Gasteiger partial charge in [-0.25, -0.2) is 0 Å². The van der Waals surface area contributed by atoms with Crippen LogP contribution in [0.15, 0.2) is 18.2 Å². The Bertz CT molecular complexity index is 396. The number of rotatable bonds is 8. The SMILES string of the molecule is CCNCCOCc1cc(OC)cc([N+](=O)[O-])c1. The molecular formula is C12H18N2O4. The number of ether oxygens (including phenoxy) is 2. The van der Waals surface area contributed by atoms with E-state index in [1.165, 1.54) is 19.2 Å². The van der Waals surface area contributed by atoms with Crippen molar-refractivity contribution in [3.63, 3.8) is 0 Å². The minimum absolute atomic E-state index is 0.0135. The molecule has 0 aliphatic carbocycles. The second kappa shape index (κ2) is 7.62. The molecule has 0 saturated heterocycles. The van der Waals surface area contributed by atoms with Gasteiger partial charge in [-0.1, -0.05) is 6.92 Å². The third kappa shape index (κ3) is 4.68. The van der Waals surface area contributed by atoms with Crippen molar-refractivity contribution in [3.8, 4) is 5.75 Å². The molecule has 0 aromatic heterocycles. The molecule has 1 aromatic carbocycles. The van der Waals surface area contributed by atoms with Gasteiger partial charge in [-0.3, -0.25) is 10.1 Å². The summed E-state index contributed by atoms with van der Waals surface area (Å²) in [6, 6.07) is 4.62. The van der Waals surface area contributed by atoms with Gasteiger partial charge in [-0.05, 0) is 18.2 Å². The first-order valence-electron chi connectivity index (χ1n) is 5.78. The molecule has 0 unspecified atom stereocenters. The molecule has 0 radical (unpaired) electrons. The Labute approximate surface area is 106 Å². The van der Waals surface area contributed by atoms with Gasteiger partial charge in [0.05, 0.1) is 31.3 Å². The van der Waals surface area contributed by atoms with Gasteiger partial charge in [0.25, 0.3) is 5.69 Å². The van der Waals surface area contributed by atoms with Crippen LogP contribution in [0.25, 0.3) is 0 Å². The molecule has 6 heteroatoms. The van der Waals surface area contributed by atoms with Gasteiger partial charge in [-0.15, -0.1) is 0 Å². The van der Waals surface area contributed by atoms with Crippen LogP contribution in [-0.4, -0.2) is 31.7 Å². The molecule has 1 N–H and O–H groups in total. The lowest BCUT2D eigenvalue weighted by Gasteiger charge is -2.07. The topological polar surface area (TPSA) is 73.6 Å². The van der Waals surface area contributed by atoms with Crippen LogP contribution >= 0.6 is 0 Å². The molecule has 0 aliphatic heterocycles. The first kappa shape index (κ1) is 14.4. The summed E-state index contributed by atoms with van der Waals surface area (Å²) in [7, 11) is 1.48. The van der Waals surface area contributed by atoms with E-state index in [0.29, 0.717) is 19.0 Å². The van der Waals surface area contributed by atoms with E-state index in [1.54, 1.807) is 6.07 Å². The van der Waals surface area contributed by atoms with Gasteiger partial charge in [-0.2, -0.15) is 0 Å². The van der Waals surface area contributed by atoms with Crippen LogP contribution < -0.4 is 10.1 Å². The zero-order valence-corrected chi connectivity index (χ0v) is 10.6. The Morgan fingerprint density at radius 1 is 1.39 bits per heavy atom. The summed E-state index contributed by atoms with van der Waals surface area (Å²) in [5.41, 5.74) is 0.747. The van der Waals surface area contributed by atoms with Crippen molar-refractivity contribution in [1.29, 1.82) is 0 Å². The highest BCUT2D eigenvalue weighted by Gasteiger charge is 2.10. The van der Waals surface area contributed by atoms with E-state index in [-0.39, 0.29) is 5.69 Å². The smallest absolute Gasteiger partial charge is 0.273 e. The maximum atomic E-state index is 10.7. The standard InChI is InChI=1S/C12H18N2O4/c1-3-13-4-5-18-9-10-6-11(14(15)16)8-12(7-10)17-2/h6-8,13H,3-5,9H2,1-2H3. The van der Waals surface area contributed by atoms with E-state index < -0.39 is 4.92 Å². The molecule has 100 valence electrons. The highest BCUT2D eigenvalue weighted by Crippen LogP contribution is 2.22. The van der Waals surface area contributed by atoms with E-state index in [9.17, 15) is 10.1 Å². The van der Waals surface area contributed by atoms with Crippen LogP contribution in [0.2, 0.25) is 0 Å². The minimum atomic E-state index is -0.440. The molecule has 0 amide bonds. The predicted molar refractivity (Wildman–Crippen MR) is 67.8 cm³/mol. The zero-order valence-electron chi connectivity index (χ0n) is 10.6. The molecule has 0 bridgehead atoms. The van der Waals surface area contributed by atoms with E-state index in [4.69, 9.17) is 9.47 Å². The van der Waals surface area contributed by atoms with Crippen molar-refractivity contribution in [2.45, 2.75) is 13.5 Å². The summed E-state index contributed by atoms with van der Waals surface area (Å²) in [6.07, 6.45) is 0. The molecule has 0 fully saturated rings. The lowest BCUT2D eigenvalue weighted by molar-refractivity contribution is -0.385. The number of hydrogen-bond donors (Lipinski definition) is 1. The fourth-order valence-electron chi connectivity index (χ4n) is 1.46. The van der Waals surface area contributed by atoms with Crippen LogP contribution in [0.5, 0.6) is 5.75 Å². The molecule has 18 heavy (non-hydrogen) atoms. The normalized spacial score (nSPS) is 10.3. The predicted octanol–water partition coefficient (Wildman–Crippen LogP) is 1.73. The number of benzene rings is 1. The fourth-order valence-corrected chi connectivity index (χ4v) is 1.46. The fraction of sp³-hybridized carbons (Fsp3) is 0.500. The number of nitro benzene ring substituents is 1. The van der Waals surface area contributed by atoms with Crippen LogP contribution in [0.4, 0.5) is 5.69 Å². The summed E-state index contributed by atoms with van der Waals surface area (Å²) in [5, 5.41) is 13.9. The third-order valence-corrected chi connectivity index (χ3v) is 2.34. The molecule has 0 atom stereocenters. The third-order valence-electron chi connectivity index (χ3n) is 2.34. The molecule has 6 nitrogen and oxygen atoms in total. The largest absolute Gasteiger partial charge is 0.496 e. The molecular weight excluding hydrogens is 236 g/mol. The van der Waals surface area contributed by atoms with Crippen molar-refractivity contribution in [2.24, 2.45) is 0 Å². The number of nitrogens with one attached hydrogen (secondary N) is 1. The van der Waals surface area contributed by atoms with Gasteiger partial charge in [0.2, 0.25) is 0 Å². The molecule has 0 spiro atoms. The van der Waals surface area contributed by atoms with Crippen LogP contribution in [0.1, 0.15) is 12.5 Å². The summed E-state index contributed by atoms with van der Waals surface area (Å²) < 4.78 is 10.4. The average molecular weight is 254 g/mol. The number of nitro groups is 1. The van der Waals surface area contributed by atoms with Gasteiger partial charge < -0.3 is 14.8 Å². The Kier molecular flexibility index (Phi) is 6.10. The molecule has 0 aliphatic rings. The number of hydrogen-bond acceptors (Lipinski definition) is 5. The lowest BCUT2D eigenvalue weighted by Crippen LogP contribution is -2.18. The van der Waals surface area contributed by atoms with Crippen LogP contribution in [0, 0.1) is 10.1 Å². The number of nitrogens with zero attached hydrogens (tertiary/aromatic N) is 1. The Morgan fingerprint density at radius 2 is 2.17 bits per heavy atom. The molecule has 1 rings (SSSR count). The maximum Gasteiger partial charge on any atom is 0.273 e. The minimum Gasteiger partial charge on any atom is -0.496 e. The van der Waals surface area contributed by atoms with Gasteiger partial charge in [0, 0.05) is 12.6 Å². The Morgan fingerprint density at radius 3 is 2.78 bits per heavy atom. The summed E-state index contributed by atoms with van der Waals surface area (Å²) >= 11 is 0. The highest BCUT2D eigenvalue weighted by atomic mass is 16.6. The van der Waals surface area contributed by atoms with Crippen LogP contribution in [-0.2, 0) is 11.3 Å². The summed E-state index contributed by atoms with van der Waals surface area (Å²) in [6.45, 7) is 4.59. The van der Waals surface area contributed by atoms with E-state index in [2.05, 4.69) is 5.32 Å². The van der Waals surface area contributed by atoms with Crippen molar-refractivity contribution < 1.29 is 14.4 Å². The number of methoxy groups -OCH3 is 1. The lowest BCUT2D eigenvalue weighted by atomic mass is 10.2. The summed E-state index contributed by atoms with van der Waals surface area (Å²) in [5.74, 6) is 0.467. The second-order valence-corrected chi connectivity index (χ2v) is 3.70. The Balaban J connectivity index is 2.58. The number of non-ortho nitro benzene ring substituents is 1. The Hall–Kier alpha value is -1.66. The van der Waals surface area contributed by atoms with Crippen molar-refractivity contribution in [1.82, 2.24) is 5.32 Å². The van der Waals surface area contributed by atoms with Gasteiger partial charge in [0.1, 0.15) is 5.75 Å². The zero-order chi connectivity index (χ0) is 13.4. The first-order chi connectivity index (χ1) is 8.67. The molecule has 1 aromatic rings. The van der Waals surface area contributed by atoms with E-state index in [0.717, 1.165) is 18.7 Å². The average Bonchev–Trinajstić information content (AvgIpc) is 2.38. The molecule has 0 saturated carbocycles. The van der Waals surface area contributed by atoms with Gasteiger partial charge >= 0.3 is 0 Å². The van der Waals surface area contributed by atoms with E-state index >= 15 is 0 Å². The van der Waals surface area contributed by atoms with E-state index in [1.807, 2.05) is 6.92 Å². The van der Waals surface area contributed by atoms with Crippen molar-refractivity contribution in [3.05, 3.63) is 33.9 Å². The molecule has 0 heterocycles. The van der Waals surface area contributed by atoms with Crippen molar-refractivity contribution in [2.75, 3.05) is 26.8 Å². The second-order valence-electron chi connectivity index (χ2n) is 3.70. The maximum absolute atomic E-state index is 10.7. The monoisotopic (exact) mass is 254 g/mol. The van der Waals surface area contributed by atoms with Gasteiger partial charge in [0.15, 0.2) is 0 Å². The van der Waals surface area contributed by atoms with Crippen LogP contribution in [0.3, 0.4) is 0 Å². The van der Waals surface area contributed by atoms with Crippen molar-refractivity contribution >= 4 is 5.69 Å². The quantitative estimate of drug-likeness (QED) is 0.434. The summed E-state index contributed by atoms with van der Waals surface area (Å²) in [4.78, 5) is 10.3. The highest BCUT2D eigenvalue weighted by molar-refractivity contribution is 5.42. The number of likely N-dealkylation sites (N-methyl/N-ethyl adjacent to an activating group) is 1. The first-order valence-corrected chi connectivity index (χ1v) is 5.78.